The van der Waals surface area contributed by atoms with Crippen LogP contribution in [-0.2, 0) is 0 Å². The minimum atomic E-state index is -0.788. The summed E-state index contributed by atoms with van der Waals surface area (Å²) in [5.74, 6) is 0.554. The number of hydrogen-bond donors (Lipinski definition) is 1. The summed E-state index contributed by atoms with van der Waals surface area (Å²) < 4.78 is 1.45. The molecular formula is C19H19ClN4O2. The molecule has 6 nitrogen and oxygen atoms in total. The second-order valence-corrected chi connectivity index (χ2v) is 7.40. The van der Waals surface area contributed by atoms with Gasteiger partial charge < -0.3 is 10.0 Å². The zero-order valence-electron chi connectivity index (χ0n) is 14.6. The lowest BCUT2D eigenvalue weighted by molar-refractivity contribution is 0.0839. The van der Waals surface area contributed by atoms with Crippen LogP contribution in [-0.4, -0.2) is 38.3 Å². The number of rotatable bonds is 2. The zero-order valence-corrected chi connectivity index (χ0v) is 15.4. The van der Waals surface area contributed by atoms with Crippen molar-refractivity contribution in [3.05, 3.63) is 57.6 Å². The van der Waals surface area contributed by atoms with E-state index in [0.29, 0.717) is 41.7 Å². The average Bonchev–Trinajstić information content (AvgIpc) is 2.95. The smallest absolute Gasteiger partial charge is 0.355 e. The molecule has 0 amide bonds. The van der Waals surface area contributed by atoms with Gasteiger partial charge in [0.25, 0.3) is 0 Å². The van der Waals surface area contributed by atoms with Crippen LogP contribution < -0.4 is 10.6 Å². The molecule has 3 heterocycles. The van der Waals surface area contributed by atoms with Crippen LogP contribution in [0.15, 0.2) is 41.2 Å². The van der Waals surface area contributed by atoms with Crippen molar-refractivity contribution in [1.29, 1.82) is 0 Å². The molecule has 7 heteroatoms. The lowest BCUT2D eigenvalue weighted by Gasteiger charge is -2.22. The summed E-state index contributed by atoms with van der Waals surface area (Å²) in [6.07, 6.45) is 0.628. The summed E-state index contributed by atoms with van der Waals surface area (Å²) >= 11 is 6.32. The molecule has 0 aliphatic carbocycles. The van der Waals surface area contributed by atoms with E-state index in [4.69, 9.17) is 11.6 Å². The van der Waals surface area contributed by atoms with Gasteiger partial charge in [-0.3, -0.25) is 0 Å². The van der Waals surface area contributed by atoms with Crippen LogP contribution in [0.3, 0.4) is 0 Å². The largest absolute Gasteiger partial charge is 0.388 e. The van der Waals surface area contributed by atoms with Crippen molar-refractivity contribution < 1.29 is 5.11 Å². The van der Waals surface area contributed by atoms with E-state index in [0.717, 1.165) is 11.1 Å². The monoisotopic (exact) mass is 370 g/mol. The summed E-state index contributed by atoms with van der Waals surface area (Å²) in [5, 5.41) is 11.5. The molecule has 0 spiro atoms. The number of halogens is 1. The number of benzene rings is 1. The van der Waals surface area contributed by atoms with Crippen molar-refractivity contribution in [3.63, 3.8) is 0 Å². The summed E-state index contributed by atoms with van der Waals surface area (Å²) in [6.45, 7) is 4.74. The van der Waals surface area contributed by atoms with Gasteiger partial charge in [-0.05, 0) is 44.5 Å². The van der Waals surface area contributed by atoms with Crippen LogP contribution in [0.25, 0.3) is 16.7 Å². The summed E-state index contributed by atoms with van der Waals surface area (Å²) in [6, 6.07) is 10.9. The molecule has 0 saturated carbocycles. The predicted molar refractivity (Wildman–Crippen MR) is 102 cm³/mol. The first-order valence-corrected chi connectivity index (χ1v) is 8.86. The van der Waals surface area contributed by atoms with Crippen molar-refractivity contribution in [2.75, 3.05) is 18.0 Å². The van der Waals surface area contributed by atoms with Crippen LogP contribution in [0, 0.1) is 6.92 Å². The summed E-state index contributed by atoms with van der Waals surface area (Å²) in [4.78, 5) is 23.8. The highest BCUT2D eigenvalue weighted by Gasteiger charge is 2.33. The Hall–Kier alpha value is -2.44. The molecule has 0 radical (unpaired) electrons. The van der Waals surface area contributed by atoms with Gasteiger partial charge in [-0.15, -0.1) is 0 Å². The van der Waals surface area contributed by atoms with Gasteiger partial charge in [0, 0.05) is 18.8 Å². The van der Waals surface area contributed by atoms with E-state index in [1.807, 2.05) is 36.1 Å². The maximum Gasteiger partial charge on any atom is 0.355 e. The molecule has 1 saturated heterocycles. The predicted octanol–water partition coefficient (Wildman–Crippen LogP) is 2.70. The van der Waals surface area contributed by atoms with E-state index < -0.39 is 11.3 Å². The van der Waals surface area contributed by atoms with Crippen LogP contribution in [0.4, 0.5) is 5.82 Å². The Morgan fingerprint density at radius 2 is 1.96 bits per heavy atom. The van der Waals surface area contributed by atoms with Gasteiger partial charge in [0.15, 0.2) is 5.65 Å². The zero-order chi connectivity index (χ0) is 18.5. The topological polar surface area (TPSA) is 71.2 Å². The Bertz CT molecular complexity index is 1060. The molecular weight excluding hydrogens is 352 g/mol. The number of aromatic nitrogens is 3. The number of anilines is 1. The van der Waals surface area contributed by atoms with Gasteiger partial charge in [-0.1, -0.05) is 23.7 Å². The normalized spacial score (nSPS) is 20.1. The van der Waals surface area contributed by atoms with Crippen molar-refractivity contribution in [3.8, 4) is 5.69 Å². The number of fused-ring (bicyclic) bond motifs is 1. The molecule has 3 aromatic rings. The molecule has 0 bridgehead atoms. The van der Waals surface area contributed by atoms with Gasteiger partial charge in [0.2, 0.25) is 0 Å². The second kappa shape index (κ2) is 6.07. The highest BCUT2D eigenvalue weighted by molar-refractivity contribution is 6.32. The Morgan fingerprint density at radius 1 is 1.19 bits per heavy atom. The Balaban J connectivity index is 2.00. The van der Waals surface area contributed by atoms with E-state index in [1.165, 1.54) is 4.57 Å². The fourth-order valence-corrected chi connectivity index (χ4v) is 3.62. The Labute approximate surface area is 155 Å². The molecule has 1 unspecified atom stereocenters. The molecule has 1 aliphatic heterocycles. The SMILES string of the molecule is Cc1ccc2c(N3CCC(C)(O)C3)nc(=O)n(-c3ccccc3Cl)c2n1. The molecule has 134 valence electrons. The molecule has 1 N–H and O–H groups in total. The van der Waals surface area contributed by atoms with Crippen molar-refractivity contribution in [2.24, 2.45) is 0 Å². The molecule has 1 atom stereocenters. The van der Waals surface area contributed by atoms with Crippen LogP contribution in [0.2, 0.25) is 5.02 Å². The molecule has 1 aromatic carbocycles. The molecule has 1 aliphatic rings. The third kappa shape index (κ3) is 2.85. The summed E-state index contributed by atoms with van der Waals surface area (Å²) in [7, 11) is 0. The number of nitrogens with zero attached hydrogens (tertiary/aromatic N) is 4. The number of hydrogen-bond acceptors (Lipinski definition) is 5. The Morgan fingerprint density at radius 3 is 2.65 bits per heavy atom. The van der Waals surface area contributed by atoms with E-state index >= 15 is 0 Å². The fourth-order valence-electron chi connectivity index (χ4n) is 3.40. The maximum absolute atomic E-state index is 12.9. The van der Waals surface area contributed by atoms with Gasteiger partial charge in [0.05, 0.1) is 21.7 Å². The first kappa shape index (κ1) is 17.0. The number of para-hydroxylation sites is 1. The lowest BCUT2D eigenvalue weighted by atomic mass is 10.1. The highest BCUT2D eigenvalue weighted by Crippen LogP contribution is 2.31. The number of aliphatic hydroxyl groups is 1. The van der Waals surface area contributed by atoms with Crippen LogP contribution in [0.5, 0.6) is 0 Å². The molecule has 4 rings (SSSR count). The summed E-state index contributed by atoms with van der Waals surface area (Å²) in [5.41, 5.74) is 0.631. The molecule has 2 aromatic heterocycles. The number of pyridine rings is 1. The number of aryl methyl sites for hydroxylation is 1. The first-order chi connectivity index (χ1) is 12.4. The van der Waals surface area contributed by atoms with Crippen molar-refractivity contribution in [2.45, 2.75) is 25.9 Å². The lowest BCUT2D eigenvalue weighted by Crippen LogP contribution is -2.32. The minimum absolute atomic E-state index is 0.429. The standard InChI is InChI=1S/C19H19ClN4O2/c1-12-7-8-13-16(23-10-9-19(2,26)11-23)22-18(25)24(17(13)21-12)15-6-4-3-5-14(15)20/h3-8,26H,9-11H2,1-2H3. The first-order valence-electron chi connectivity index (χ1n) is 8.48. The average molecular weight is 371 g/mol. The van der Waals surface area contributed by atoms with Crippen LogP contribution in [0.1, 0.15) is 19.0 Å². The van der Waals surface area contributed by atoms with Gasteiger partial charge in [-0.2, -0.15) is 4.98 Å². The molecule has 1 fully saturated rings. The van der Waals surface area contributed by atoms with E-state index in [1.54, 1.807) is 19.1 Å². The Kier molecular flexibility index (Phi) is 3.97. The van der Waals surface area contributed by atoms with E-state index in [9.17, 15) is 9.90 Å². The van der Waals surface area contributed by atoms with Crippen LogP contribution >= 0.6 is 11.6 Å². The van der Waals surface area contributed by atoms with Gasteiger partial charge >= 0.3 is 5.69 Å². The second-order valence-electron chi connectivity index (χ2n) is 7.00. The van der Waals surface area contributed by atoms with Crippen molar-refractivity contribution in [1.82, 2.24) is 14.5 Å². The maximum atomic E-state index is 12.9. The highest BCUT2D eigenvalue weighted by atomic mass is 35.5. The number of β-amino-alcohol motifs (C(OH)–C–C–N with tert-alkyl or cyclic N) is 1. The van der Waals surface area contributed by atoms with Gasteiger partial charge in [-0.25, -0.2) is 14.3 Å². The molecule has 26 heavy (non-hydrogen) atoms. The minimum Gasteiger partial charge on any atom is -0.388 e. The van der Waals surface area contributed by atoms with Crippen molar-refractivity contribution >= 4 is 28.5 Å². The quantitative estimate of drug-likeness (QED) is 0.751. The fraction of sp³-hybridized carbons (Fsp3) is 0.316. The van der Waals surface area contributed by atoms with E-state index in [2.05, 4.69) is 9.97 Å². The third-order valence-electron chi connectivity index (χ3n) is 4.70. The third-order valence-corrected chi connectivity index (χ3v) is 5.02. The van der Waals surface area contributed by atoms with Gasteiger partial charge in [0.1, 0.15) is 5.82 Å². The van der Waals surface area contributed by atoms with E-state index in [-0.39, 0.29) is 0 Å².